The molecule has 2 heterocycles. The van der Waals surface area contributed by atoms with Gasteiger partial charge in [-0.15, -0.1) is 0 Å². The van der Waals surface area contributed by atoms with Crippen LogP contribution < -0.4 is 11.1 Å². The molecule has 0 aliphatic carbocycles. The van der Waals surface area contributed by atoms with Crippen LogP contribution in [0.3, 0.4) is 0 Å². The van der Waals surface area contributed by atoms with E-state index >= 15 is 0 Å². The second-order valence-electron chi connectivity index (χ2n) is 4.10. The highest BCUT2D eigenvalue weighted by Gasteiger charge is 2.41. The number of nitrogens with two attached hydrogens (primary N) is 1. The Hall–Kier alpha value is -1.06. The van der Waals surface area contributed by atoms with E-state index < -0.39 is 0 Å². The van der Waals surface area contributed by atoms with E-state index in [1.165, 1.54) is 5.56 Å². The number of fused-ring (bicyclic) bond motifs is 2. The summed E-state index contributed by atoms with van der Waals surface area (Å²) in [6.07, 6.45) is 1.75. The molecule has 2 aliphatic heterocycles. The van der Waals surface area contributed by atoms with Gasteiger partial charge in [0.1, 0.15) is 0 Å². The smallest absolute Gasteiger partial charge is 0.0983 e. The van der Waals surface area contributed by atoms with Gasteiger partial charge in [0.05, 0.1) is 12.2 Å². The van der Waals surface area contributed by atoms with E-state index in [4.69, 9.17) is 10.5 Å². The second kappa shape index (κ2) is 2.97. The molecule has 1 aromatic carbocycles. The van der Waals surface area contributed by atoms with Crippen LogP contribution in [-0.2, 0) is 4.74 Å². The van der Waals surface area contributed by atoms with Crippen molar-refractivity contribution in [3.8, 4) is 0 Å². The van der Waals surface area contributed by atoms with Crippen molar-refractivity contribution in [3.05, 3.63) is 29.8 Å². The van der Waals surface area contributed by atoms with E-state index in [1.807, 2.05) is 18.2 Å². The monoisotopic (exact) mass is 190 g/mol. The lowest BCUT2D eigenvalue weighted by Crippen LogP contribution is -2.33. The molecular weight excluding hydrogens is 176 g/mol. The minimum absolute atomic E-state index is 0.206. The zero-order chi connectivity index (χ0) is 9.54. The number of hydrogen-bond donors (Lipinski definition) is 2. The average Bonchev–Trinajstić information content (AvgIpc) is 2.78. The molecule has 0 aromatic heterocycles. The molecule has 0 spiro atoms. The second-order valence-corrected chi connectivity index (χ2v) is 4.10. The Morgan fingerprint density at radius 3 is 3.00 bits per heavy atom. The van der Waals surface area contributed by atoms with Gasteiger partial charge in [-0.05, 0) is 24.1 Å². The summed E-state index contributed by atoms with van der Waals surface area (Å²) in [5, 5.41) is 3.46. The molecule has 0 amide bonds. The third-order valence-corrected chi connectivity index (χ3v) is 3.07. The van der Waals surface area contributed by atoms with Crippen LogP contribution in [0.25, 0.3) is 0 Å². The number of nitrogen functional groups attached to an aromatic ring is 1. The summed E-state index contributed by atoms with van der Waals surface area (Å²) < 4.78 is 5.88. The maximum atomic E-state index is 5.88. The van der Waals surface area contributed by atoms with E-state index in [1.54, 1.807) is 0 Å². The Bertz CT molecular complexity index is 353. The first-order valence-corrected chi connectivity index (χ1v) is 5.07. The van der Waals surface area contributed by atoms with Gasteiger partial charge in [-0.3, -0.25) is 0 Å². The lowest BCUT2D eigenvalue weighted by molar-refractivity contribution is 0.0161. The number of ether oxygens (including phenoxy) is 1. The van der Waals surface area contributed by atoms with Gasteiger partial charge in [0.2, 0.25) is 0 Å². The van der Waals surface area contributed by atoms with Crippen molar-refractivity contribution in [3.63, 3.8) is 0 Å². The zero-order valence-corrected chi connectivity index (χ0v) is 7.94. The number of morpholine rings is 1. The molecule has 3 unspecified atom stereocenters. The maximum absolute atomic E-state index is 5.88. The van der Waals surface area contributed by atoms with Crippen molar-refractivity contribution in [2.24, 2.45) is 0 Å². The van der Waals surface area contributed by atoms with E-state index in [0.717, 1.165) is 18.7 Å². The summed E-state index contributed by atoms with van der Waals surface area (Å²) in [5.41, 5.74) is 7.76. The molecule has 3 nitrogen and oxygen atoms in total. The minimum Gasteiger partial charge on any atom is -0.399 e. The van der Waals surface area contributed by atoms with E-state index in [0.29, 0.717) is 12.1 Å². The molecule has 2 fully saturated rings. The van der Waals surface area contributed by atoms with Crippen LogP contribution in [0.15, 0.2) is 24.3 Å². The molecule has 2 aliphatic rings. The third kappa shape index (κ3) is 1.21. The Labute approximate surface area is 83.2 Å². The number of rotatable bonds is 1. The van der Waals surface area contributed by atoms with Crippen molar-refractivity contribution < 1.29 is 4.74 Å². The summed E-state index contributed by atoms with van der Waals surface area (Å²) in [6, 6.07) is 8.47. The number of anilines is 1. The number of hydrogen-bond acceptors (Lipinski definition) is 3. The summed E-state index contributed by atoms with van der Waals surface area (Å²) in [7, 11) is 0. The standard InChI is InChI=1S/C11H14N2O/c12-8-3-1-2-7(4-8)11-10-5-9(14-11)6-13-10/h1-4,9-11,13H,5-6,12H2. The molecule has 2 saturated heterocycles. The summed E-state index contributed by atoms with van der Waals surface area (Å²) in [6.45, 7) is 1.00. The van der Waals surface area contributed by atoms with Crippen LogP contribution in [0.1, 0.15) is 18.1 Å². The quantitative estimate of drug-likeness (QED) is 0.651. The molecule has 2 bridgehead atoms. The van der Waals surface area contributed by atoms with Gasteiger partial charge in [-0.25, -0.2) is 0 Å². The summed E-state index contributed by atoms with van der Waals surface area (Å²) in [5.74, 6) is 0. The lowest BCUT2D eigenvalue weighted by atomic mass is 10.0. The molecule has 3 atom stereocenters. The molecule has 0 saturated carbocycles. The van der Waals surface area contributed by atoms with Gasteiger partial charge >= 0.3 is 0 Å². The first kappa shape index (κ1) is 8.26. The first-order chi connectivity index (χ1) is 6.83. The predicted octanol–water partition coefficient (Wildman–Crippen LogP) is 1.07. The molecule has 3 rings (SSSR count). The van der Waals surface area contributed by atoms with Crippen molar-refractivity contribution >= 4 is 5.69 Å². The van der Waals surface area contributed by atoms with Crippen LogP contribution in [0, 0.1) is 0 Å². The highest BCUT2D eigenvalue weighted by molar-refractivity contribution is 5.42. The van der Waals surface area contributed by atoms with E-state index in [-0.39, 0.29) is 6.10 Å². The fraction of sp³-hybridized carbons (Fsp3) is 0.455. The number of benzene rings is 1. The lowest BCUT2D eigenvalue weighted by Gasteiger charge is -2.23. The summed E-state index contributed by atoms with van der Waals surface area (Å²) >= 11 is 0. The Balaban J connectivity index is 1.89. The Morgan fingerprint density at radius 1 is 1.43 bits per heavy atom. The fourth-order valence-corrected chi connectivity index (χ4v) is 2.42. The molecular formula is C11H14N2O. The van der Waals surface area contributed by atoms with Crippen molar-refractivity contribution in [1.29, 1.82) is 0 Å². The van der Waals surface area contributed by atoms with Crippen molar-refractivity contribution in [2.75, 3.05) is 12.3 Å². The Kier molecular flexibility index (Phi) is 1.75. The van der Waals surface area contributed by atoms with Crippen LogP contribution in [0.4, 0.5) is 5.69 Å². The Morgan fingerprint density at radius 2 is 2.36 bits per heavy atom. The maximum Gasteiger partial charge on any atom is 0.0983 e. The predicted molar refractivity (Wildman–Crippen MR) is 54.9 cm³/mol. The first-order valence-electron chi connectivity index (χ1n) is 5.07. The van der Waals surface area contributed by atoms with Gasteiger partial charge in [0.15, 0.2) is 0 Å². The van der Waals surface area contributed by atoms with E-state index in [2.05, 4.69) is 11.4 Å². The SMILES string of the molecule is Nc1cccc(C2OC3CNC2C3)c1. The zero-order valence-electron chi connectivity index (χ0n) is 7.94. The van der Waals surface area contributed by atoms with Gasteiger partial charge in [-0.2, -0.15) is 0 Å². The molecule has 74 valence electrons. The molecule has 0 radical (unpaired) electrons. The van der Waals surface area contributed by atoms with Gasteiger partial charge in [0, 0.05) is 18.3 Å². The molecule has 1 aromatic rings. The topological polar surface area (TPSA) is 47.3 Å². The van der Waals surface area contributed by atoms with Crippen LogP contribution in [0.5, 0.6) is 0 Å². The van der Waals surface area contributed by atoms with Gasteiger partial charge < -0.3 is 15.8 Å². The highest BCUT2D eigenvalue weighted by atomic mass is 16.5. The normalized spacial score (nSPS) is 35.0. The van der Waals surface area contributed by atoms with Crippen LogP contribution in [-0.4, -0.2) is 18.7 Å². The molecule has 14 heavy (non-hydrogen) atoms. The third-order valence-electron chi connectivity index (χ3n) is 3.07. The van der Waals surface area contributed by atoms with Crippen molar-refractivity contribution in [1.82, 2.24) is 5.32 Å². The van der Waals surface area contributed by atoms with E-state index in [9.17, 15) is 0 Å². The van der Waals surface area contributed by atoms with Gasteiger partial charge in [0.25, 0.3) is 0 Å². The largest absolute Gasteiger partial charge is 0.399 e. The van der Waals surface area contributed by atoms with Gasteiger partial charge in [-0.1, -0.05) is 12.1 Å². The summed E-state index contributed by atoms with van der Waals surface area (Å²) in [4.78, 5) is 0. The highest BCUT2D eigenvalue weighted by Crippen LogP contribution is 2.37. The number of nitrogens with one attached hydrogen (secondary N) is 1. The van der Waals surface area contributed by atoms with Crippen LogP contribution in [0.2, 0.25) is 0 Å². The minimum atomic E-state index is 0.206. The molecule has 3 heteroatoms. The average molecular weight is 190 g/mol. The fourth-order valence-electron chi connectivity index (χ4n) is 2.42. The van der Waals surface area contributed by atoms with Crippen LogP contribution >= 0.6 is 0 Å². The van der Waals surface area contributed by atoms with Crippen molar-refractivity contribution in [2.45, 2.75) is 24.7 Å². The molecule has 3 N–H and O–H groups in total.